The minimum absolute atomic E-state index is 0.0317. The van der Waals surface area contributed by atoms with Crippen molar-refractivity contribution in [3.63, 3.8) is 0 Å². The van der Waals surface area contributed by atoms with Crippen LogP contribution in [0.1, 0.15) is 99.9 Å². The Morgan fingerprint density at radius 1 is 0.623 bits per heavy atom. The number of carbonyl (C=O) groups excluding carboxylic acids is 2. The Balaban J connectivity index is 0.895. The van der Waals surface area contributed by atoms with Crippen LogP contribution in [0.2, 0.25) is 0 Å². The smallest absolute Gasteiger partial charge is 0.347 e. The first-order valence-electron chi connectivity index (χ1n) is 22.8. The maximum atomic E-state index is 13.6. The molecule has 372 valence electrons. The molecule has 2 aliphatic rings. The second-order valence-electron chi connectivity index (χ2n) is 16.9. The summed E-state index contributed by atoms with van der Waals surface area (Å²) in [5, 5.41) is 12.1. The van der Waals surface area contributed by atoms with Crippen LogP contribution >= 0.6 is 22.7 Å². The lowest BCUT2D eigenvalue weighted by molar-refractivity contribution is -0.137. The first kappa shape index (κ1) is 51.8. The van der Waals surface area contributed by atoms with Crippen LogP contribution < -0.4 is 32.4 Å². The van der Waals surface area contributed by atoms with Crippen molar-refractivity contribution in [3.05, 3.63) is 138 Å². The van der Waals surface area contributed by atoms with Crippen LogP contribution in [0.15, 0.2) is 103 Å². The Labute approximate surface area is 406 Å². The highest BCUT2D eigenvalue weighted by atomic mass is 32.3. The van der Waals surface area contributed by atoms with Gasteiger partial charge in [-0.3, -0.25) is 19.2 Å². The number of benzene rings is 1. The lowest BCUT2D eigenvalue weighted by atomic mass is 10.1. The molecule has 0 saturated carbocycles. The average molecular weight is 1030 g/mol. The fraction of sp³-hybridized carbons (Fsp3) is 0.435. The fourth-order valence-electron chi connectivity index (χ4n) is 8.15. The topological polar surface area (TPSA) is 201 Å². The van der Waals surface area contributed by atoms with E-state index in [4.69, 9.17) is 0 Å². The fourth-order valence-corrected chi connectivity index (χ4v) is 14.0. The zero-order valence-corrected chi connectivity index (χ0v) is 41.1. The first-order valence-corrected chi connectivity index (χ1v) is 27.3. The second kappa shape index (κ2) is 22.8. The van der Waals surface area contributed by atoms with E-state index in [1.165, 1.54) is 88.8 Å². The number of amides is 2. The molecular weight excluding hydrogens is 978 g/mol. The number of nitrogens with zero attached hydrogens (tertiary/aromatic N) is 4. The van der Waals surface area contributed by atoms with Gasteiger partial charge in [0, 0.05) is 67.0 Å². The van der Waals surface area contributed by atoms with Crippen LogP contribution in [-0.2, 0) is 45.9 Å². The number of nitrogens with one attached hydrogen (secondary N) is 4. The molecule has 7 rings (SSSR count). The molecule has 1 aromatic carbocycles. The maximum absolute atomic E-state index is 13.6. The van der Waals surface area contributed by atoms with Gasteiger partial charge in [0.05, 0.1) is 18.7 Å². The molecule has 4 aromatic heterocycles. The lowest BCUT2D eigenvalue weighted by Crippen LogP contribution is -2.44. The number of alkyl halides is 3. The molecule has 0 unspecified atom stereocenters. The number of carbonyl (C=O) groups is 2. The van der Waals surface area contributed by atoms with Crippen LogP contribution in [0.25, 0.3) is 0 Å². The van der Waals surface area contributed by atoms with Gasteiger partial charge in [-0.25, -0.2) is 26.2 Å². The molecule has 16 nitrogen and oxygen atoms in total. The molecule has 0 atom stereocenters. The number of pyridine rings is 2. The molecule has 0 aliphatic carbocycles. The number of hydrogen-bond acceptors (Lipinski definition) is 12. The average Bonchev–Trinajstić information content (AvgIpc) is 4.04. The largest absolute Gasteiger partial charge is 0.416 e. The van der Waals surface area contributed by atoms with E-state index >= 15 is 0 Å². The van der Waals surface area contributed by atoms with Gasteiger partial charge in [-0.2, -0.15) is 21.8 Å². The van der Waals surface area contributed by atoms with Gasteiger partial charge in [-0.15, -0.1) is 22.7 Å². The third-order valence-corrected chi connectivity index (χ3v) is 19.0. The van der Waals surface area contributed by atoms with E-state index < -0.39 is 54.7 Å². The van der Waals surface area contributed by atoms with Crippen molar-refractivity contribution in [2.24, 2.45) is 0 Å². The third kappa shape index (κ3) is 12.9. The molecular formula is C46H55F3N8O8S4. The quantitative estimate of drug-likeness (QED) is 0.0713. The lowest BCUT2D eigenvalue weighted by Gasteiger charge is -2.31. The SMILES string of the molecule is CCCCCCNC1CCN(S(=O)(=O)c2ccc(CNC(=O)c3cccn(-n4cccc(C(=O)NCc5ccc(S(=O)(=O)N6CCC(NCc7ccc(C(F)(F)F)cc7)CC6)s5)c4=O)c3=O)s2)CC1. The summed E-state index contributed by atoms with van der Waals surface area (Å²) in [4.78, 5) is 54.9. The van der Waals surface area contributed by atoms with Crippen LogP contribution in [0.3, 0.4) is 0 Å². The summed E-state index contributed by atoms with van der Waals surface area (Å²) in [7, 11) is -7.59. The van der Waals surface area contributed by atoms with Crippen molar-refractivity contribution in [2.45, 2.75) is 105 Å². The minimum atomic E-state index is -4.42. The van der Waals surface area contributed by atoms with Gasteiger partial charge in [0.25, 0.3) is 43.0 Å². The number of unbranched alkanes of at least 4 members (excludes halogenated alkanes) is 3. The van der Waals surface area contributed by atoms with Crippen molar-refractivity contribution in [3.8, 4) is 0 Å². The highest BCUT2D eigenvalue weighted by Gasteiger charge is 2.33. The minimum Gasteiger partial charge on any atom is -0.347 e. The highest BCUT2D eigenvalue weighted by molar-refractivity contribution is 7.91. The zero-order chi connectivity index (χ0) is 49.3. The van der Waals surface area contributed by atoms with Gasteiger partial charge in [-0.05, 0) is 105 Å². The number of rotatable bonds is 20. The molecule has 0 bridgehead atoms. The summed E-state index contributed by atoms with van der Waals surface area (Å²) in [6, 6.07) is 16.6. The molecule has 4 N–H and O–H groups in total. The number of aromatic nitrogens is 2. The van der Waals surface area contributed by atoms with Crippen LogP contribution in [0.5, 0.6) is 0 Å². The number of sulfonamides is 2. The van der Waals surface area contributed by atoms with Crippen molar-refractivity contribution < 1.29 is 39.6 Å². The van der Waals surface area contributed by atoms with E-state index in [9.17, 15) is 49.2 Å². The summed E-state index contributed by atoms with van der Waals surface area (Å²) in [6.45, 7) is 4.55. The second-order valence-corrected chi connectivity index (χ2v) is 23.6. The standard InChI is InChI=1S/C46H55F3N8O8S4/c1-2-3-4-5-22-50-34-18-25-54(26-19-34)68(62,63)40-16-14-36(66-40)30-52-42(58)38-8-6-23-56(44(38)60)57-24-7-9-39(45(57)61)43(59)53-31-37-15-17-41(67-37)69(64,65)55-27-20-35(21-28-55)51-29-32-10-12-33(13-11-32)46(47,48)49/h6-17,23-24,34-35,50-51H,2-5,18-22,25-31H2,1H3,(H,52,58)(H,53,59). The van der Waals surface area contributed by atoms with Gasteiger partial charge >= 0.3 is 6.18 Å². The van der Waals surface area contributed by atoms with E-state index in [-0.39, 0.29) is 57.8 Å². The molecule has 5 aromatic rings. The van der Waals surface area contributed by atoms with Gasteiger partial charge < -0.3 is 21.3 Å². The van der Waals surface area contributed by atoms with E-state index in [1.54, 1.807) is 12.1 Å². The third-order valence-electron chi connectivity index (χ3n) is 12.1. The molecule has 0 radical (unpaired) electrons. The molecule has 2 saturated heterocycles. The number of thiophene rings is 2. The van der Waals surface area contributed by atoms with Gasteiger partial charge in [0.15, 0.2) is 0 Å². The molecule has 2 amide bonds. The Kier molecular flexibility index (Phi) is 17.1. The van der Waals surface area contributed by atoms with Crippen molar-refractivity contribution >= 4 is 54.5 Å². The highest BCUT2D eigenvalue weighted by Crippen LogP contribution is 2.31. The molecule has 69 heavy (non-hydrogen) atoms. The van der Waals surface area contributed by atoms with Gasteiger partial charge in [0.1, 0.15) is 19.5 Å². The Morgan fingerprint density at radius 2 is 1.09 bits per heavy atom. The van der Waals surface area contributed by atoms with Crippen molar-refractivity contribution in [2.75, 3.05) is 32.7 Å². The van der Waals surface area contributed by atoms with Crippen LogP contribution in [0.4, 0.5) is 13.2 Å². The molecule has 6 heterocycles. The zero-order valence-electron chi connectivity index (χ0n) is 37.9. The Hall–Kier alpha value is -5.01. The van der Waals surface area contributed by atoms with E-state index in [2.05, 4.69) is 28.2 Å². The molecule has 0 spiro atoms. The van der Waals surface area contributed by atoms with E-state index in [1.807, 2.05) is 0 Å². The summed E-state index contributed by atoms with van der Waals surface area (Å²) >= 11 is 2.01. The normalized spacial score (nSPS) is 15.9. The molecule has 23 heteroatoms. The number of halogens is 3. The summed E-state index contributed by atoms with van der Waals surface area (Å²) < 4.78 is 97.5. The summed E-state index contributed by atoms with van der Waals surface area (Å²) in [5.41, 5.74) is -2.38. The Bertz CT molecular complexity index is 2920. The predicted molar refractivity (Wildman–Crippen MR) is 257 cm³/mol. The van der Waals surface area contributed by atoms with E-state index in [0.717, 1.165) is 70.0 Å². The van der Waals surface area contributed by atoms with E-state index in [0.29, 0.717) is 47.8 Å². The number of piperidine rings is 2. The van der Waals surface area contributed by atoms with Crippen molar-refractivity contribution in [1.29, 1.82) is 0 Å². The summed E-state index contributed by atoms with van der Waals surface area (Å²) in [6.07, 6.45) is 5.20. The maximum Gasteiger partial charge on any atom is 0.416 e. The molecule has 2 fully saturated rings. The Morgan fingerprint density at radius 3 is 1.54 bits per heavy atom. The van der Waals surface area contributed by atoms with Crippen LogP contribution in [0, 0.1) is 0 Å². The van der Waals surface area contributed by atoms with Gasteiger partial charge in [-0.1, -0.05) is 38.3 Å². The number of hydrogen-bond donors (Lipinski definition) is 4. The van der Waals surface area contributed by atoms with Gasteiger partial charge in [0.2, 0.25) is 0 Å². The summed E-state index contributed by atoms with van der Waals surface area (Å²) in [5.74, 6) is -1.54. The predicted octanol–water partition coefficient (Wildman–Crippen LogP) is 5.59. The van der Waals surface area contributed by atoms with Crippen molar-refractivity contribution in [1.82, 2.24) is 39.2 Å². The van der Waals surface area contributed by atoms with Crippen LogP contribution in [-0.4, -0.2) is 91.4 Å². The monoisotopic (exact) mass is 1030 g/mol. The molecule has 2 aliphatic heterocycles. The first-order chi connectivity index (χ1) is 32.9.